The molecule has 20 heavy (non-hydrogen) atoms. The summed E-state index contributed by atoms with van der Waals surface area (Å²) in [5.74, 6) is 0.582. The molecular formula is C15H15N3O2. The van der Waals surface area contributed by atoms with Crippen LogP contribution in [0.15, 0.2) is 30.6 Å². The topological polar surface area (TPSA) is 55.3 Å². The highest BCUT2D eigenvalue weighted by Gasteiger charge is 2.26. The zero-order chi connectivity index (χ0) is 14.1. The Labute approximate surface area is 117 Å². The van der Waals surface area contributed by atoms with Crippen LogP contribution in [0.5, 0.6) is 5.88 Å². The Morgan fingerprint density at radius 2 is 2.10 bits per heavy atom. The number of hydrogen-bond donors (Lipinski definition) is 0. The molecule has 5 nitrogen and oxygen atoms in total. The van der Waals surface area contributed by atoms with Crippen molar-refractivity contribution < 1.29 is 9.53 Å². The average molecular weight is 269 g/mol. The van der Waals surface area contributed by atoms with Gasteiger partial charge in [0.1, 0.15) is 0 Å². The summed E-state index contributed by atoms with van der Waals surface area (Å²) in [4.78, 5) is 22.4. The molecule has 3 heterocycles. The number of fused-ring (bicyclic) bond motifs is 1. The third kappa shape index (κ3) is 2.11. The van der Waals surface area contributed by atoms with Crippen molar-refractivity contribution in [2.75, 3.05) is 12.0 Å². The SMILES string of the molecule is COc1ccc(N2Cc3c(C)ccnc3CC2=O)cn1. The summed E-state index contributed by atoms with van der Waals surface area (Å²) < 4.78 is 5.03. The molecule has 0 saturated heterocycles. The van der Waals surface area contributed by atoms with Gasteiger partial charge in [-0.1, -0.05) is 0 Å². The largest absolute Gasteiger partial charge is 0.481 e. The Bertz CT molecular complexity index is 653. The van der Waals surface area contributed by atoms with Crippen LogP contribution < -0.4 is 9.64 Å². The molecule has 2 aromatic heterocycles. The van der Waals surface area contributed by atoms with Crippen molar-refractivity contribution in [3.05, 3.63) is 47.4 Å². The molecule has 0 spiro atoms. The van der Waals surface area contributed by atoms with Crippen LogP contribution >= 0.6 is 0 Å². The van der Waals surface area contributed by atoms with Crippen molar-refractivity contribution in [2.24, 2.45) is 0 Å². The van der Waals surface area contributed by atoms with E-state index in [1.807, 2.05) is 19.1 Å². The maximum absolute atomic E-state index is 12.3. The molecule has 0 atom stereocenters. The van der Waals surface area contributed by atoms with E-state index in [2.05, 4.69) is 9.97 Å². The van der Waals surface area contributed by atoms with Crippen LogP contribution in [-0.2, 0) is 17.8 Å². The summed E-state index contributed by atoms with van der Waals surface area (Å²) >= 11 is 0. The van der Waals surface area contributed by atoms with Gasteiger partial charge in [-0.2, -0.15) is 0 Å². The standard InChI is InChI=1S/C15H15N3O2/c1-10-5-6-16-13-7-15(19)18(9-12(10)13)11-3-4-14(20-2)17-8-11/h3-6,8H,7,9H2,1-2H3. The van der Waals surface area contributed by atoms with E-state index in [1.54, 1.807) is 30.5 Å². The maximum Gasteiger partial charge on any atom is 0.233 e. The number of ether oxygens (including phenoxy) is 1. The molecule has 0 unspecified atom stereocenters. The van der Waals surface area contributed by atoms with E-state index in [4.69, 9.17) is 4.74 Å². The number of carbonyl (C=O) groups excluding carboxylic acids is 1. The lowest BCUT2D eigenvalue weighted by molar-refractivity contribution is -0.118. The molecule has 1 amide bonds. The second kappa shape index (κ2) is 4.92. The van der Waals surface area contributed by atoms with Crippen LogP contribution in [-0.4, -0.2) is 23.0 Å². The molecule has 0 fully saturated rings. The first-order valence-electron chi connectivity index (χ1n) is 6.43. The molecule has 0 aliphatic carbocycles. The highest BCUT2D eigenvalue weighted by atomic mass is 16.5. The van der Waals surface area contributed by atoms with Crippen molar-refractivity contribution in [1.29, 1.82) is 0 Å². The Morgan fingerprint density at radius 1 is 1.25 bits per heavy atom. The minimum Gasteiger partial charge on any atom is -0.481 e. The van der Waals surface area contributed by atoms with Crippen molar-refractivity contribution >= 4 is 11.6 Å². The van der Waals surface area contributed by atoms with Gasteiger partial charge in [-0.05, 0) is 30.2 Å². The summed E-state index contributed by atoms with van der Waals surface area (Å²) in [6.45, 7) is 2.59. The van der Waals surface area contributed by atoms with Gasteiger partial charge in [-0.15, -0.1) is 0 Å². The maximum atomic E-state index is 12.3. The normalized spacial score (nSPS) is 14.1. The second-order valence-electron chi connectivity index (χ2n) is 4.77. The minimum atomic E-state index is 0.0440. The predicted octanol–water partition coefficient (Wildman–Crippen LogP) is 1.88. The third-order valence-corrected chi connectivity index (χ3v) is 3.56. The number of nitrogens with zero attached hydrogens (tertiary/aromatic N) is 3. The molecule has 3 rings (SSSR count). The minimum absolute atomic E-state index is 0.0440. The average Bonchev–Trinajstić information content (AvgIpc) is 2.47. The summed E-state index contributed by atoms with van der Waals surface area (Å²) in [6.07, 6.45) is 3.75. The van der Waals surface area contributed by atoms with Crippen molar-refractivity contribution in [2.45, 2.75) is 19.9 Å². The Balaban J connectivity index is 1.95. The van der Waals surface area contributed by atoms with Crippen LogP contribution in [0.2, 0.25) is 0 Å². The number of pyridine rings is 2. The molecule has 0 aromatic carbocycles. The Morgan fingerprint density at radius 3 is 2.80 bits per heavy atom. The fourth-order valence-corrected chi connectivity index (χ4v) is 2.39. The van der Waals surface area contributed by atoms with Gasteiger partial charge >= 0.3 is 0 Å². The van der Waals surface area contributed by atoms with Gasteiger partial charge in [-0.3, -0.25) is 9.78 Å². The van der Waals surface area contributed by atoms with Crippen LogP contribution in [0.25, 0.3) is 0 Å². The smallest absolute Gasteiger partial charge is 0.233 e. The van der Waals surface area contributed by atoms with Crippen molar-refractivity contribution in [1.82, 2.24) is 9.97 Å². The van der Waals surface area contributed by atoms with E-state index in [9.17, 15) is 4.79 Å². The molecule has 0 bridgehead atoms. The van der Waals surface area contributed by atoms with E-state index in [-0.39, 0.29) is 5.91 Å². The summed E-state index contributed by atoms with van der Waals surface area (Å²) in [5.41, 5.74) is 3.95. The first kappa shape index (κ1) is 12.6. The molecule has 2 aromatic rings. The number of methoxy groups -OCH3 is 1. The van der Waals surface area contributed by atoms with Gasteiger partial charge in [0.05, 0.1) is 37.7 Å². The first-order chi connectivity index (χ1) is 9.69. The second-order valence-corrected chi connectivity index (χ2v) is 4.77. The molecule has 0 N–H and O–H groups in total. The molecule has 0 radical (unpaired) electrons. The number of aryl methyl sites for hydroxylation is 1. The highest BCUT2D eigenvalue weighted by Crippen LogP contribution is 2.26. The van der Waals surface area contributed by atoms with Crippen molar-refractivity contribution in [3.8, 4) is 5.88 Å². The molecular weight excluding hydrogens is 254 g/mol. The van der Waals surface area contributed by atoms with Gasteiger partial charge in [0.2, 0.25) is 11.8 Å². The van der Waals surface area contributed by atoms with Gasteiger partial charge in [0.25, 0.3) is 0 Å². The van der Waals surface area contributed by atoms with E-state index in [0.717, 1.165) is 22.5 Å². The molecule has 1 aliphatic rings. The lowest BCUT2D eigenvalue weighted by Gasteiger charge is -2.29. The van der Waals surface area contributed by atoms with Crippen LogP contribution in [0.3, 0.4) is 0 Å². The first-order valence-corrected chi connectivity index (χ1v) is 6.43. The number of carbonyl (C=O) groups is 1. The molecule has 1 aliphatic heterocycles. The zero-order valence-corrected chi connectivity index (χ0v) is 11.5. The summed E-state index contributed by atoms with van der Waals surface area (Å²) in [6, 6.07) is 5.58. The predicted molar refractivity (Wildman–Crippen MR) is 74.7 cm³/mol. The highest BCUT2D eigenvalue weighted by molar-refractivity contribution is 5.96. The number of rotatable bonds is 2. The quantitative estimate of drug-likeness (QED) is 0.835. The van der Waals surface area contributed by atoms with Crippen LogP contribution in [0.1, 0.15) is 16.8 Å². The molecule has 102 valence electrons. The monoisotopic (exact) mass is 269 g/mol. The summed E-state index contributed by atoms with van der Waals surface area (Å²) in [7, 11) is 1.57. The molecule has 0 saturated carbocycles. The molecule has 5 heteroatoms. The lowest BCUT2D eigenvalue weighted by Crippen LogP contribution is -2.37. The third-order valence-electron chi connectivity index (χ3n) is 3.56. The number of aromatic nitrogens is 2. The Kier molecular flexibility index (Phi) is 3.10. The number of hydrogen-bond acceptors (Lipinski definition) is 4. The fourth-order valence-electron chi connectivity index (χ4n) is 2.39. The van der Waals surface area contributed by atoms with Crippen molar-refractivity contribution in [3.63, 3.8) is 0 Å². The van der Waals surface area contributed by atoms with Gasteiger partial charge in [0, 0.05) is 12.3 Å². The number of anilines is 1. The zero-order valence-electron chi connectivity index (χ0n) is 11.5. The number of amides is 1. The van der Waals surface area contributed by atoms with Crippen LogP contribution in [0.4, 0.5) is 5.69 Å². The fraction of sp³-hybridized carbons (Fsp3) is 0.267. The van der Waals surface area contributed by atoms with Crippen LogP contribution in [0, 0.1) is 6.92 Å². The van der Waals surface area contributed by atoms with E-state index >= 15 is 0 Å². The van der Waals surface area contributed by atoms with Gasteiger partial charge < -0.3 is 9.64 Å². The van der Waals surface area contributed by atoms with E-state index < -0.39 is 0 Å². The van der Waals surface area contributed by atoms with E-state index in [1.165, 1.54) is 0 Å². The van der Waals surface area contributed by atoms with Gasteiger partial charge in [0.15, 0.2) is 0 Å². The lowest BCUT2D eigenvalue weighted by atomic mass is 10.0. The van der Waals surface area contributed by atoms with Gasteiger partial charge in [-0.25, -0.2) is 4.98 Å². The summed E-state index contributed by atoms with van der Waals surface area (Å²) in [5, 5.41) is 0. The van der Waals surface area contributed by atoms with E-state index in [0.29, 0.717) is 18.8 Å². The Hall–Kier alpha value is -2.43.